The molecule has 0 heterocycles. The first-order valence-electron chi connectivity index (χ1n) is 6.12. The number of sulfonamides is 1. The molecule has 0 aliphatic heterocycles. The minimum Gasteiger partial charge on any atom is -0.284 e. The van der Waals surface area contributed by atoms with Gasteiger partial charge in [0.2, 0.25) is 10.0 Å². The van der Waals surface area contributed by atoms with Crippen LogP contribution in [-0.4, -0.2) is 14.7 Å². The van der Waals surface area contributed by atoms with Crippen molar-refractivity contribution in [3.05, 3.63) is 52.8 Å². The Morgan fingerprint density at radius 2 is 1.70 bits per heavy atom. The van der Waals surface area contributed by atoms with Gasteiger partial charge in [0.25, 0.3) is 0 Å². The average Bonchev–Trinajstić information content (AvgIpc) is 2.37. The fourth-order valence-corrected chi connectivity index (χ4v) is 2.76. The maximum Gasteiger partial charge on any atom is 0.416 e. The summed E-state index contributed by atoms with van der Waals surface area (Å²) in [4.78, 5) is 0. The molecule has 0 aromatic heterocycles. The quantitative estimate of drug-likeness (QED) is 0.810. The van der Waals surface area contributed by atoms with Gasteiger partial charge in [-0.25, -0.2) is 12.8 Å². The van der Waals surface area contributed by atoms with Gasteiger partial charge < -0.3 is 0 Å². The standard InChI is InChI=1S/C14H10ClF4NO2S/c1-23(21,22)20-9-3-4-10(12(15)7-9)11-6-8(14(17,18)19)2-5-13(11)16/h2-7,20H,1H3. The Kier molecular flexibility index (Phi) is 4.59. The van der Waals surface area contributed by atoms with Crippen molar-refractivity contribution >= 4 is 27.3 Å². The predicted octanol–water partition coefficient (Wildman–Crippen LogP) is 4.54. The van der Waals surface area contributed by atoms with Crippen molar-refractivity contribution in [2.24, 2.45) is 0 Å². The molecule has 9 heteroatoms. The predicted molar refractivity (Wildman–Crippen MR) is 80.3 cm³/mol. The van der Waals surface area contributed by atoms with E-state index in [9.17, 15) is 26.0 Å². The molecule has 0 aliphatic carbocycles. The number of anilines is 1. The molecule has 3 nitrogen and oxygen atoms in total. The van der Waals surface area contributed by atoms with Gasteiger partial charge in [-0.1, -0.05) is 17.7 Å². The van der Waals surface area contributed by atoms with Crippen molar-refractivity contribution in [2.45, 2.75) is 6.18 Å². The largest absolute Gasteiger partial charge is 0.416 e. The Hall–Kier alpha value is -1.80. The summed E-state index contributed by atoms with van der Waals surface area (Å²) in [5, 5.41) is -0.0862. The number of hydrogen-bond acceptors (Lipinski definition) is 2. The van der Waals surface area contributed by atoms with Crippen LogP contribution in [0.5, 0.6) is 0 Å². The van der Waals surface area contributed by atoms with E-state index in [0.29, 0.717) is 18.2 Å². The molecule has 23 heavy (non-hydrogen) atoms. The van der Waals surface area contributed by atoms with Crippen molar-refractivity contribution in [2.75, 3.05) is 11.0 Å². The summed E-state index contributed by atoms with van der Waals surface area (Å²) in [5.74, 6) is -0.872. The lowest BCUT2D eigenvalue weighted by atomic mass is 10.0. The third-order valence-electron chi connectivity index (χ3n) is 2.86. The van der Waals surface area contributed by atoms with E-state index in [-0.39, 0.29) is 21.8 Å². The highest BCUT2D eigenvalue weighted by Gasteiger charge is 2.31. The highest BCUT2D eigenvalue weighted by Crippen LogP contribution is 2.36. The van der Waals surface area contributed by atoms with Crippen LogP contribution in [0, 0.1) is 5.82 Å². The number of rotatable bonds is 3. The van der Waals surface area contributed by atoms with Crippen LogP contribution in [0.15, 0.2) is 36.4 Å². The maximum absolute atomic E-state index is 13.9. The van der Waals surface area contributed by atoms with Crippen LogP contribution in [0.3, 0.4) is 0 Å². The van der Waals surface area contributed by atoms with Crippen LogP contribution in [0.1, 0.15) is 5.56 Å². The lowest BCUT2D eigenvalue weighted by molar-refractivity contribution is -0.137. The summed E-state index contributed by atoms with van der Waals surface area (Å²) < 4.78 is 76.5. The molecule has 0 aliphatic rings. The normalized spacial score (nSPS) is 12.3. The first-order chi connectivity index (χ1) is 10.5. The van der Waals surface area contributed by atoms with E-state index >= 15 is 0 Å². The molecule has 0 spiro atoms. The van der Waals surface area contributed by atoms with Gasteiger partial charge in [0.05, 0.1) is 16.8 Å². The Balaban J connectivity index is 2.51. The summed E-state index contributed by atoms with van der Waals surface area (Å²) in [6.07, 6.45) is -3.69. The molecule has 124 valence electrons. The molecular formula is C14H10ClF4NO2S. The lowest BCUT2D eigenvalue weighted by Crippen LogP contribution is -2.09. The molecule has 0 radical (unpaired) electrons. The number of nitrogens with one attached hydrogen (secondary N) is 1. The second kappa shape index (κ2) is 6.01. The molecule has 0 fully saturated rings. The van der Waals surface area contributed by atoms with E-state index in [2.05, 4.69) is 4.72 Å². The second-order valence-corrected chi connectivity index (χ2v) is 6.92. The highest BCUT2D eigenvalue weighted by atomic mass is 35.5. The summed E-state index contributed by atoms with van der Waals surface area (Å²) >= 11 is 5.95. The maximum atomic E-state index is 13.9. The molecule has 0 atom stereocenters. The van der Waals surface area contributed by atoms with E-state index in [1.807, 2.05) is 0 Å². The van der Waals surface area contributed by atoms with Crippen molar-refractivity contribution in [3.8, 4) is 11.1 Å². The van der Waals surface area contributed by atoms with Gasteiger partial charge in [-0.3, -0.25) is 4.72 Å². The minimum atomic E-state index is -4.62. The molecule has 0 saturated heterocycles. The Morgan fingerprint density at radius 1 is 1.04 bits per heavy atom. The van der Waals surface area contributed by atoms with E-state index in [1.165, 1.54) is 18.2 Å². The fourth-order valence-electron chi connectivity index (χ4n) is 1.92. The molecule has 0 bridgehead atoms. The molecule has 2 aromatic rings. The molecule has 0 amide bonds. The molecule has 0 unspecified atom stereocenters. The van der Waals surface area contributed by atoms with Crippen molar-refractivity contribution in [3.63, 3.8) is 0 Å². The molecule has 1 N–H and O–H groups in total. The molecule has 2 rings (SSSR count). The molecule has 2 aromatic carbocycles. The lowest BCUT2D eigenvalue weighted by Gasteiger charge is -2.12. The third kappa shape index (κ3) is 4.35. The van der Waals surface area contributed by atoms with Gasteiger partial charge in [0.1, 0.15) is 5.82 Å². The topological polar surface area (TPSA) is 46.2 Å². The van der Waals surface area contributed by atoms with Crippen LogP contribution < -0.4 is 4.72 Å². The first kappa shape index (κ1) is 17.6. The smallest absolute Gasteiger partial charge is 0.284 e. The minimum absolute atomic E-state index is 0.0225. The zero-order valence-electron chi connectivity index (χ0n) is 11.6. The van der Waals surface area contributed by atoms with Gasteiger partial charge in [-0.05, 0) is 30.3 Å². The van der Waals surface area contributed by atoms with Crippen molar-refractivity contribution in [1.29, 1.82) is 0 Å². The number of halogens is 5. The Labute approximate surface area is 134 Å². The number of hydrogen-bond donors (Lipinski definition) is 1. The zero-order valence-corrected chi connectivity index (χ0v) is 13.2. The van der Waals surface area contributed by atoms with Crippen molar-refractivity contribution < 1.29 is 26.0 Å². The van der Waals surface area contributed by atoms with Gasteiger partial charge in [0.15, 0.2) is 0 Å². The highest BCUT2D eigenvalue weighted by molar-refractivity contribution is 7.92. The van der Waals surface area contributed by atoms with E-state index in [4.69, 9.17) is 11.6 Å². The van der Waals surface area contributed by atoms with Gasteiger partial charge in [-0.2, -0.15) is 13.2 Å². The molecular weight excluding hydrogens is 358 g/mol. The van der Waals surface area contributed by atoms with Crippen LogP contribution in [0.25, 0.3) is 11.1 Å². The monoisotopic (exact) mass is 367 g/mol. The summed E-state index contributed by atoms with van der Waals surface area (Å²) in [6.45, 7) is 0. The number of benzene rings is 2. The zero-order chi connectivity index (χ0) is 17.4. The average molecular weight is 368 g/mol. The Bertz CT molecular complexity index is 850. The van der Waals surface area contributed by atoms with E-state index in [1.54, 1.807) is 0 Å². The van der Waals surface area contributed by atoms with Crippen LogP contribution in [0.2, 0.25) is 5.02 Å². The van der Waals surface area contributed by atoms with E-state index < -0.39 is 27.6 Å². The van der Waals surface area contributed by atoms with Crippen LogP contribution in [-0.2, 0) is 16.2 Å². The van der Waals surface area contributed by atoms with Crippen molar-refractivity contribution in [1.82, 2.24) is 0 Å². The van der Waals surface area contributed by atoms with Gasteiger partial charge >= 0.3 is 6.18 Å². The third-order valence-corrected chi connectivity index (χ3v) is 3.78. The van der Waals surface area contributed by atoms with Crippen LogP contribution in [0.4, 0.5) is 23.2 Å². The first-order valence-corrected chi connectivity index (χ1v) is 8.39. The summed E-state index contributed by atoms with van der Waals surface area (Å²) in [6, 6.07) is 5.71. The summed E-state index contributed by atoms with van der Waals surface area (Å²) in [7, 11) is -3.54. The summed E-state index contributed by atoms with van der Waals surface area (Å²) in [5.41, 5.74) is -1.19. The van der Waals surface area contributed by atoms with Gasteiger partial charge in [0, 0.05) is 16.8 Å². The fraction of sp³-hybridized carbons (Fsp3) is 0.143. The van der Waals surface area contributed by atoms with Gasteiger partial charge in [-0.15, -0.1) is 0 Å². The van der Waals surface area contributed by atoms with Crippen LogP contribution >= 0.6 is 11.6 Å². The Morgan fingerprint density at radius 3 is 2.22 bits per heavy atom. The van der Waals surface area contributed by atoms with E-state index in [0.717, 1.165) is 6.26 Å². The second-order valence-electron chi connectivity index (χ2n) is 4.76. The SMILES string of the molecule is CS(=O)(=O)Nc1ccc(-c2cc(C(F)(F)F)ccc2F)c(Cl)c1. The number of alkyl halides is 3. The molecule has 0 saturated carbocycles.